The van der Waals surface area contributed by atoms with Crippen LogP contribution in [0.4, 0.5) is 11.4 Å². The van der Waals surface area contributed by atoms with Gasteiger partial charge in [0.05, 0.1) is 10.7 Å². The first-order valence-corrected chi connectivity index (χ1v) is 8.07. The third kappa shape index (κ3) is 2.75. The normalized spacial score (nSPS) is 24.3. The topological polar surface area (TPSA) is 32.5 Å². The molecule has 2 aliphatic rings. The van der Waals surface area contributed by atoms with Crippen LogP contribution in [0.5, 0.6) is 0 Å². The SMILES string of the molecule is Cc1cc(N)c(Cl)cc1N1CCC(N2CCCCC2)C1. The lowest BCUT2D eigenvalue weighted by Crippen LogP contribution is -2.40. The van der Waals surface area contributed by atoms with Crippen LogP contribution in [-0.2, 0) is 0 Å². The monoisotopic (exact) mass is 293 g/mol. The number of hydrogen-bond acceptors (Lipinski definition) is 3. The number of rotatable bonds is 2. The number of anilines is 2. The van der Waals surface area contributed by atoms with Gasteiger partial charge < -0.3 is 10.6 Å². The lowest BCUT2D eigenvalue weighted by Gasteiger charge is -2.32. The van der Waals surface area contributed by atoms with Gasteiger partial charge in [0, 0.05) is 24.8 Å². The lowest BCUT2D eigenvalue weighted by molar-refractivity contribution is 0.175. The van der Waals surface area contributed by atoms with Crippen molar-refractivity contribution in [3.05, 3.63) is 22.7 Å². The van der Waals surface area contributed by atoms with Crippen LogP contribution in [0.3, 0.4) is 0 Å². The second-order valence-corrected chi connectivity index (χ2v) is 6.55. The zero-order valence-electron chi connectivity index (χ0n) is 12.2. The molecule has 1 atom stereocenters. The second kappa shape index (κ2) is 5.82. The number of nitrogens with two attached hydrogens (primary N) is 1. The largest absolute Gasteiger partial charge is 0.398 e. The van der Waals surface area contributed by atoms with E-state index in [1.807, 2.05) is 12.1 Å². The van der Waals surface area contributed by atoms with Gasteiger partial charge in [-0.2, -0.15) is 0 Å². The molecule has 2 aliphatic heterocycles. The third-order valence-electron chi connectivity index (χ3n) is 4.73. The molecule has 2 heterocycles. The summed E-state index contributed by atoms with van der Waals surface area (Å²) in [5.41, 5.74) is 9.04. The van der Waals surface area contributed by atoms with E-state index in [4.69, 9.17) is 17.3 Å². The summed E-state index contributed by atoms with van der Waals surface area (Å²) in [7, 11) is 0. The number of piperidine rings is 1. The molecular formula is C16H24ClN3. The van der Waals surface area contributed by atoms with Crippen molar-refractivity contribution in [3.8, 4) is 0 Å². The highest BCUT2D eigenvalue weighted by molar-refractivity contribution is 6.33. The summed E-state index contributed by atoms with van der Waals surface area (Å²) in [5, 5.41) is 0.673. The smallest absolute Gasteiger partial charge is 0.0656 e. The summed E-state index contributed by atoms with van der Waals surface area (Å²) in [5.74, 6) is 0. The van der Waals surface area contributed by atoms with E-state index in [-0.39, 0.29) is 0 Å². The van der Waals surface area contributed by atoms with Gasteiger partial charge in [-0.05, 0) is 57.0 Å². The predicted octanol–water partition coefficient (Wildman–Crippen LogP) is 3.30. The standard InChI is InChI=1S/C16H24ClN3/c1-12-9-15(18)14(17)10-16(12)20-8-5-13(11-20)19-6-3-2-4-7-19/h9-10,13H,2-8,11,18H2,1H3. The fourth-order valence-electron chi connectivity index (χ4n) is 3.58. The highest BCUT2D eigenvalue weighted by Crippen LogP contribution is 2.32. The van der Waals surface area contributed by atoms with E-state index in [0.717, 1.165) is 13.1 Å². The van der Waals surface area contributed by atoms with Crippen molar-refractivity contribution in [2.45, 2.75) is 38.6 Å². The number of hydrogen-bond donors (Lipinski definition) is 1. The summed E-state index contributed by atoms with van der Waals surface area (Å²) in [6, 6.07) is 4.74. The van der Waals surface area contributed by atoms with Gasteiger partial charge in [-0.15, -0.1) is 0 Å². The van der Waals surface area contributed by atoms with E-state index in [1.54, 1.807) is 0 Å². The van der Waals surface area contributed by atoms with Crippen molar-refractivity contribution < 1.29 is 0 Å². The highest BCUT2D eigenvalue weighted by atomic mass is 35.5. The molecule has 0 radical (unpaired) electrons. The minimum atomic E-state index is 0.673. The Morgan fingerprint density at radius 3 is 2.65 bits per heavy atom. The van der Waals surface area contributed by atoms with Crippen molar-refractivity contribution >= 4 is 23.0 Å². The molecule has 4 heteroatoms. The van der Waals surface area contributed by atoms with Crippen LogP contribution in [0.1, 0.15) is 31.2 Å². The number of halogens is 1. The highest BCUT2D eigenvalue weighted by Gasteiger charge is 2.29. The van der Waals surface area contributed by atoms with Gasteiger partial charge >= 0.3 is 0 Å². The Bertz CT molecular complexity index is 483. The number of likely N-dealkylation sites (tertiary alicyclic amines) is 1. The molecule has 1 aromatic carbocycles. The van der Waals surface area contributed by atoms with Crippen molar-refractivity contribution in [1.29, 1.82) is 0 Å². The van der Waals surface area contributed by atoms with Crippen LogP contribution >= 0.6 is 11.6 Å². The first-order valence-electron chi connectivity index (χ1n) is 7.70. The number of nitrogen functional groups attached to an aromatic ring is 1. The van der Waals surface area contributed by atoms with Crippen molar-refractivity contribution in [2.75, 3.05) is 36.8 Å². The average Bonchev–Trinajstić information content (AvgIpc) is 2.93. The van der Waals surface area contributed by atoms with E-state index >= 15 is 0 Å². The number of aryl methyl sites for hydroxylation is 1. The van der Waals surface area contributed by atoms with Gasteiger partial charge in [0.1, 0.15) is 0 Å². The van der Waals surface area contributed by atoms with Gasteiger partial charge in [0.15, 0.2) is 0 Å². The van der Waals surface area contributed by atoms with Gasteiger partial charge in [-0.1, -0.05) is 18.0 Å². The molecule has 110 valence electrons. The Morgan fingerprint density at radius 1 is 1.15 bits per heavy atom. The molecule has 2 N–H and O–H groups in total. The Labute approximate surface area is 126 Å². The van der Waals surface area contributed by atoms with E-state index in [0.29, 0.717) is 16.8 Å². The molecule has 3 nitrogen and oxygen atoms in total. The van der Waals surface area contributed by atoms with E-state index in [2.05, 4.69) is 16.7 Å². The summed E-state index contributed by atoms with van der Waals surface area (Å²) >= 11 is 6.19. The average molecular weight is 294 g/mol. The minimum Gasteiger partial charge on any atom is -0.398 e. The molecule has 0 amide bonds. The van der Waals surface area contributed by atoms with Crippen molar-refractivity contribution in [2.24, 2.45) is 0 Å². The number of nitrogens with zero attached hydrogens (tertiary/aromatic N) is 2. The molecule has 0 aliphatic carbocycles. The fraction of sp³-hybridized carbons (Fsp3) is 0.625. The second-order valence-electron chi connectivity index (χ2n) is 6.15. The fourth-order valence-corrected chi connectivity index (χ4v) is 3.73. The maximum Gasteiger partial charge on any atom is 0.0656 e. The Morgan fingerprint density at radius 2 is 1.90 bits per heavy atom. The molecule has 2 saturated heterocycles. The zero-order valence-corrected chi connectivity index (χ0v) is 13.0. The Hall–Kier alpha value is -0.930. The molecule has 0 aromatic heterocycles. The van der Waals surface area contributed by atoms with Crippen molar-refractivity contribution in [1.82, 2.24) is 4.90 Å². The summed E-state index contributed by atoms with van der Waals surface area (Å²) in [4.78, 5) is 5.15. The first-order chi connectivity index (χ1) is 9.65. The molecule has 2 fully saturated rings. The van der Waals surface area contributed by atoms with E-state index in [9.17, 15) is 0 Å². The van der Waals surface area contributed by atoms with Crippen LogP contribution < -0.4 is 10.6 Å². The van der Waals surface area contributed by atoms with Crippen LogP contribution in [0.15, 0.2) is 12.1 Å². The predicted molar refractivity (Wildman–Crippen MR) is 86.6 cm³/mol. The van der Waals surface area contributed by atoms with Crippen LogP contribution in [0.2, 0.25) is 5.02 Å². The minimum absolute atomic E-state index is 0.673. The molecule has 0 saturated carbocycles. The van der Waals surface area contributed by atoms with Crippen LogP contribution in [0, 0.1) is 6.92 Å². The summed E-state index contributed by atoms with van der Waals surface area (Å²) < 4.78 is 0. The molecule has 0 bridgehead atoms. The van der Waals surface area contributed by atoms with E-state index in [1.165, 1.54) is 50.0 Å². The number of benzene rings is 1. The maximum absolute atomic E-state index is 6.19. The molecule has 1 unspecified atom stereocenters. The maximum atomic E-state index is 6.19. The van der Waals surface area contributed by atoms with Gasteiger partial charge in [-0.25, -0.2) is 0 Å². The quantitative estimate of drug-likeness (QED) is 0.849. The van der Waals surface area contributed by atoms with Gasteiger partial charge in [-0.3, -0.25) is 4.90 Å². The van der Waals surface area contributed by atoms with Gasteiger partial charge in [0.2, 0.25) is 0 Å². The molecule has 20 heavy (non-hydrogen) atoms. The van der Waals surface area contributed by atoms with Gasteiger partial charge in [0.25, 0.3) is 0 Å². The van der Waals surface area contributed by atoms with Crippen molar-refractivity contribution in [3.63, 3.8) is 0 Å². The lowest BCUT2D eigenvalue weighted by atomic mass is 10.1. The Balaban J connectivity index is 1.72. The van der Waals surface area contributed by atoms with E-state index < -0.39 is 0 Å². The summed E-state index contributed by atoms with van der Waals surface area (Å²) in [6.07, 6.45) is 5.40. The Kier molecular flexibility index (Phi) is 4.08. The summed E-state index contributed by atoms with van der Waals surface area (Å²) in [6.45, 7) is 6.93. The molecule has 3 rings (SSSR count). The zero-order chi connectivity index (χ0) is 14.1. The molecule has 0 spiro atoms. The molecule has 1 aromatic rings. The van der Waals surface area contributed by atoms with Crippen LogP contribution in [0.25, 0.3) is 0 Å². The van der Waals surface area contributed by atoms with Crippen LogP contribution in [-0.4, -0.2) is 37.1 Å². The first kappa shape index (κ1) is 14.0. The third-order valence-corrected chi connectivity index (χ3v) is 5.05. The molecular weight excluding hydrogens is 270 g/mol.